The van der Waals surface area contributed by atoms with Gasteiger partial charge in [0.15, 0.2) is 10.9 Å². The van der Waals surface area contributed by atoms with Gasteiger partial charge in [-0.2, -0.15) is 0 Å². The van der Waals surface area contributed by atoms with Gasteiger partial charge in [-0.05, 0) is 49.9 Å². The maximum absolute atomic E-state index is 12.2. The molecule has 304 valence electrons. The van der Waals surface area contributed by atoms with E-state index in [-0.39, 0.29) is 86.0 Å². The van der Waals surface area contributed by atoms with E-state index >= 15 is 0 Å². The molecule has 0 aromatic heterocycles. The smallest absolute Gasteiger partial charge is 0.745 e. The molecule has 17 heteroatoms. The minimum absolute atomic E-state index is 0. The average Bonchev–Trinajstić information content (AvgIpc) is 3.14. The molecule has 0 aliphatic rings. The van der Waals surface area contributed by atoms with Gasteiger partial charge in [0, 0.05) is 0 Å². The van der Waals surface area contributed by atoms with E-state index in [4.69, 9.17) is 18.9 Å². The van der Waals surface area contributed by atoms with Gasteiger partial charge in [0.1, 0.15) is 20.2 Å². The Morgan fingerprint density at radius 2 is 0.764 bits per heavy atom. The largest absolute Gasteiger partial charge is 2.00 e. The zero-order valence-corrected chi connectivity index (χ0v) is 36.2. The summed E-state index contributed by atoms with van der Waals surface area (Å²) in [6, 6.07) is 11.6. The Hall–Kier alpha value is -2.60. The van der Waals surface area contributed by atoms with Crippen molar-refractivity contribution in [1.29, 1.82) is 0 Å². The minimum Gasteiger partial charge on any atom is -0.745 e. The van der Waals surface area contributed by atoms with E-state index in [1.54, 1.807) is 12.1 Å². The Labute approximate surface area is 355 Å². The number of unbranched alkanes of at least 4 members (excludes halogenated alkanes) is 10. The normalized spacial score (nSPS) is 12.2. The molecule has 2 aromatic rings. The van der Waals surface area contributed by atoms with Crippen LogP contribution in [0.3, 0.4) is 0 Å². The summed E-state index contributed by atoms with van der Waals surface area (Å²) in [4.78, 5) is 49.0. The first-order chi connectivity index (χ1) is 25.6. The molecule has 0 heterocycles. The molecule has 0 spiro atoms. The fourth-order valence-corrected chi connectivity index (χ4v) is 6.21. The number of ether oxygens (including phenoxy) is 4. The molecular formula is C38H54CaO14S2. The summed E-state index contributed by atoms with van der Waals surface area (Å²) in [5, 5.41) is 0. The van der Waals surface area contributed by atoms with Crippen molar-refractivity contribution in [3.63, 3.8) is 0 Å². The van der Waals surface area contributed by atoms with Crippen molar-refractivity contribution in [1.82, 2.24) is 0 Å². The van der Waals surface area contributed by atoms with Gasteiger partial charge in [-0.25, -0.2) is 36.0 Å². The second-order valence-electron chi connectivity index (χ2n) is 12.4. The number of benzene rings is 2. The van der Waals surface area contributed by atoms with Crippen LogP contribution in [0.5, 0.6) is 0 Å². The van der Waals surface area contributed by atoms with E-state index < -0.39 is 55.0 Å². The molecule has 14 nitrogen and oxygen atoms in total. The van der Waals surface area contributed by atoms with Gasteiger partial charge in [-0.3, -0.25) is 0 Å². The summed E-state index contributed by atoms with van der Waals surface area (Å²) in [6.07, 6.45) is 12.2. The Bertz CT molecular complexity index is 1560. The number of carbonyl (C=O) groups is 4. The zero-order valence-electron chi connectivity index (χ0n) is 32.3. The van der Waals surface area contributed by atoms with E-state index in [9.17, 15) is 45.1 Å². The van der Waals surface area contributed by atoms with Gasteiger partial charge in [-0.15, -0.1) is 0 Å². The van der Waals surface area contributed by atoms with Crippen molar-refractivity contribution < 1.29 is 64.1 Å². The van der Waals surface area contributed by atoms with Gasteiger partial charge in [0.05, 0.1) is 35.5 Å². The first kappa shape index (κ1) is 52.4. The third-order valence-electron chi connectivity index (χ3n) is 7.98. The molecule has 55 heavy (non-hydrogen) atoms. The number of hydrogen-bond donors (Lipinski definition) is 0. The number of carbonyl (C=O) groups excluding carboxylic acids is 4. The van der Waals surface area contributed by atoms with E-state index in [0.717, 1.165) is 64.2 Å². The monoisotopic (exact) mass is 838 g/mol. The average molecular weight is 839 g/mol. The maximum atomic E-state index is 12.2. The van der Waals surface area contributed by atoms with Crippen LogP contribution in [0.15, 0.2) is 48.5 Å². The quantitative estimate of drug-likeness (QED) is 0.0345. The molecule has 0 saturated heterocycles. The van der Waals surface area contributed by atoms with Crippen LogP contribution >= 0.6 is 0 Å². The van der Waals surface area contributed by atoms with Crippen LogP contribution < -0.4 is 0 Å². The summed E-state index contributed by atoms with van der Waals surface area (Å²) < 4.78 is 86.5. The molecule has 0 aliphatic carbocycles. The Kier molecular flexibility index (Phi) is 27.4. The van der Waals surface area contributed by atoms with Crippen molar-refractivity contribution in [3.05, 3.63) is 70.8 Å². The van der Waals surface area contributed by atoms with Gasteiger partial charge in [0.25, 0.3) is 0 Å². The first-order valence-electron chi connectivity index (χ1n) is 18.5. The number of hydrogen-bond acceptors (Lipinski definition) is 14. The van der Waals surface area contributed by atoms with Gasteiger partial charge >= 0.3 is 61.6 Å². The van der Waals surface area contributed by atoms with Gasteiger partial charge < -0.3 is 28.1 Å². The third kappa shape index (κ3) is 20.9. The molecule has 2 rings (SSSR count). The standard InChI is InChI=1S/2C19H28O7S.Ca/c2*1-3-5-6-7-8-11-14-25-18(20)15-12-9-10-13-16(15)19(21)26-17(4-2)27(22,23)24;/h2*9-10,12-13,17H,3-8,11,14H2,1-2H3,(H,22,23,24);/q;;+2/p-2. The predicted molar refractivity (Wildman–Crippen MR) is 204 cm³/mol. The minimum atomic E-state index is -4.79. The van der Waals surface area contributed by atoms with E-state index in [2.05, 4.69) is 13.8 Å². The molecule has 2 unspecified atom stereocenters. The van der Waals surface area contributed by atoms with Crippen LogP contribution in [0.4, 0.5) is 0 Å². The Balaban J connectivity index is 0.00000104. The number of rotatable bonds is 24. The van der Waals surface area contributed by atoms with Crippen LogP contribution in [0.1, 0.15) is 159 Å². The van der Waals surface area contributed by atoms with Crippen molar-refractivity contribution in [2.45, 2.75) is 128 Å². The van der Waals surface area contributed by atoms with Crippen molar-refractivity contribution in [2.75, 3.05) is 13.2 Å². The molecule has 0 bridgehead atoms. The van der Waals surface area contributed by atoms with Crippen LogP contribution in [-0.2, 0) is 39.2 Å². The van der Waals surface area contributed by atoms with Crippen molar-refractivity contribution in [3.8, 4) is 0 Å². The molecule has 0 saturated carbocycles. The molecule has 0 N–H and O–H groups in total. The molecule has 2 atom stereocenters. The second-order valence-corrected chi connectivity index (χ2v) is 15.4. The van der Waals surface area contributed by atoms with Crippen molar-refractivity contribution >= 4 is 81.9 Å². The molecule has 2 aromatic carbocycles. The molecule has 0 radical (unpaired) electrons. The fourth-order valence-electron chi connectivity index (χ4n) is 4.99. The van der Waals surface area contributed by atoms with Crippen LogP contribution in [-0.4, -0.2) is 112 Å². The SMILES string of the molecule is CCCCCCCCOC(=O)c1ccccc1C(=O)OC(CC)S(=O)(=O)[O-].CCCCCCCCOC(=O)c1ccccc1C(=O)OC(CC)S(=O)(=O)[O-].[Ca+2]. The molecule has 0 aliphatic heterocycles. The topological polar surface area (TPSA) is 220 Å². The molecular weight excluding hydrogens is 785 g/mol. The van der Waals surface area contributed by atoms with Crippen molar-refractivity contribution in [2.24, 2.45) is 0 Å². The summed E-state index contributed by atoms with van der Waals surface area (Å²) in [5.41, 5.74) is -3.90. The van der Waals surface area contributed by atoms with Crippen LogP contribution in [0.25, 0.3) is 0 Å². The maximum Gasteiger partial charge on any atom is 2.00 e. The van der Waals surface area contributed by atoms with E-state index in [1.807, 2.05) is 0 Å². The Morgan fingerprint density at radius 1 is 0.491 bits per heavy atom. The first-order valence-corrected chi connectivity index (χ1v) is 21.4. The van der Waals surface area contributed by atoms with Gasteiger partial charge in [0.2, 0.25) is 0 Å². The summed E-state index contributed by atoms with van der Waals surface area (Å²) in [5.74, 6) is -3.47. The second kappa shape index (κ2) is 28.7. The summed E-state index contributed by atoms with van der Waals surface area (Å²) in [6.45, 7) is 7.57. The third-order valence-corrected chi connectivity index (χ3v) is 10.1. The van der Waals surface area contributed by atoms with E-state index in [1.165, 1.54) is 63.1 Å². The Morgan fingerprint density at radius 3 is 1.04 bits per heavy atom. The number of esters is 4. The molecule has 0 fully saturated rings. The van der Waals surface area contributed by atoms with Crippen LogP contribution in [0, 0.1) is 0 Å². The summed E-state index contributed by atoms with van der Waals surface area (Å²) in [7, 11) is -9.58. The van der Waals surface area contributed by atoms with Gasteiger partial charge in [-0.1, -0.05) is 116 Å². The summed E-state index contributed by atoms with van der Waals surface area (Å²) >= 11 is 0. The zero-order chi connectivity index (χ0) is 40.6. The van der Waals surface area contributed by atoms with Crippen LogP contribution in [0.2, 0.25) is 0 Å². The fraction of sp³-hybridized carbons (Fsp3) is 0.579. The molecule has 0 amide bonds. The predicted octanol–water partition coefficient (Wildman–Crippen LogP) is 6.90. The van der Waals surface area contributed by atoms with E-state index in [0.29, 0.717) is 0 Å².